The molecule has 18 heavy (non-hydrogen) atoms. The number of aliphatic carboxylic acids is 1. The highest BCUT2D eigenvalue weighted by atomic mass is 32.2. The fourth-order valence-electron chi connectivity index (χ4n) is 2.04. The number of amides is 2. The van der Waals surface area contributed by atoms with Gasteiger partial charge in [-0.2, -0.15) is 11.8 Å². The summed E-state index contributed by atoms with van der Waals surface area (Å²) in [6, 6.07) is -0.780. The molecule has 0 radical (unpaired) electrons. The van der Waals surface area contributed by atoms with Gasteiger partial charge in [0, 0.05) is 24.1 Å². The lowest BCUT2D eigenvalue weighted by Gasteiger charge is -2.33. The molecule has 1 rings (SSSR count). The van der Waals surface area contributed by atoms with Crippen molar-refractivity contribution in [1.82, 2.24) is 10.2 Å². The second-order valence-electron chi connectivity index (χ2n) is 4.47. The van der Waals surface area contributed by atoms with E-state index in [2.05, 4.69) is 12.2 Å². The van der Waals surface area contributed by atoms with Crippen molar-refractivity contribution in [2.24, 2.45) is 0 Å². The highest BCUT2D eigenvalue weighted by molar-refractivity contribution is 7.99. The Morgan fingerprint density at radius 1 is 1.50 bits per heavy atom. The molecule has 0 saturated carbocycles. The SMILES string of the molecule is CCCC(CC)NC(=O)N1CCSCC1C(=O)O. The molecular weight excluding hydrogens is 252 g/mol. The molecule has 1 heterocycles. The smallest absolute Gasteiger partial charge is 0.327 e. The summed E-state index contributed by atoms with van der Waals surface area (Å²) in [4.78, 5) is 24.7. The Morgan fingerprint density at radius 2 is 2.22 bits per heavy atom. The van der Waals surface area contributed by atoms with Crippen LogP contribution in [-0.2, 0) is 4.79 Å². The maximum absolute atomic E-state index is 12.1. The van der Waals surface area contributed by atoms with E-state index in [4.69, 9.17) is 5.11 Å². The van der Waals surface area contributed by atoms with E-state index in [-0.39, 0.29) is 12.1 Å². The summed E-state index contributed by atoms with van der Waals surface area (Å²) < 4.78 is 0. The van der Waals surface area contributed by atoms with Crippen LogP contribution in [-0.4, -0.2) is 52.1 Å². The predicted octanol–water partition coefficient (Wildman–Crippen LogP) is 1.78. The number of hydrogen-bond acceptors (Lipinski definition) is 3. The summed E-state index contributed by atoms with van der Waals surface area (Å²) in [5.41, 5.74) is 0. The molecule has 0 aromatic rings. The van der Waals surface area contributed by atoms with Crippen LogP contribution in [0.1, 0.15) is 33.1 Å². The number of carboxylic acid groups (broad SMARTS) is 1. The minimum Gasteiger partial charge on any atom is -0.480 e. The minimum absolute atomic E-state index is 0.145. The molecule has 1 aliphatic heterocycles. The van der Waals surface area contributed by atoms with E-state index < -0.39 is 12.0 Å². The standard InChI is InChI=1S/C12H22N2O3S/c1-3-5-9(4-2)13-12(17)14-6-7-18-8-10(14)11(15)16/h9-10H,3-8H2,1-2H3,(H,13,17)(H,15,16). The largest absolute Gasteiger partial charge is 0.480 e. The summed E-state index contributed by atoms with van der Waals surface area (Å²) in [7, 11) is 0. The Morgan fingerprint density at radius 3 is 2.78 bits per heavy atom. The molecular formula is C12H22N2O3S. The first kappa shape index (κ1) is 15.1. The number of carbonyl (C=O) groups is 2. The van der Waals surface area contributed by atoms with Crippen LogP contribution in [0.15, 0.2) is 0 Å². The van der Waals surface area contributed by atoms with Gasteiger partial charge in [-0.05, 0) is 12.8 Å². The normalized spacial score (nSPS) is 21.4. The molecule has 2 N–H and O–H groups in total. The summed E-state index contributed by atoms with van der Waals surface area (Å²) in [6.07, 6.45) is 2.82. The van der Waals surface area contributed by atoms with Gasteiger partial charge in [0.25, 0.3) is 0 Å². The van der Waals surface area contributed by atoms with Crippen LogP contribution in [0.2, 0.25) is 0 Å². The van der Waals surface area contributed by atoms with E-state index in [0.717, 1.165) is 25.0 Å². The molecule has 1 fully saturated rings. The number of carboxylic acids is 1. The fourth-order valence-corrected chi connectivity index (χ4v) is 3.07. The van der Waals surface area contributed by atoms with Gasteiger partial charge >= 0.3 is 12.0 Å². The van der Waals surface area contributed by atoms with Gasteiger partial charge in [0.05, 0.1) is 0 Å². The van der Waals surface area contributed by atoms with Gasteiger partial charge in [-0.3, -0.25) is 0 Å². The molecule has 1 saturated heterocycles. The van der Waals surface area contributed by atoms with Crippen LogP contribution in [0.4, 0.5) is 4.79 Å². The number of nitrogens with one attached hydrogen (secondary N) is 1. The number of hydrogen-bond donors (Lipinski definition) is 2. The van der Waals surface area contributed by atoms with Crippen LogP contribution in [0, 0.1) is 0 Å². The molecule has 0 bridgehead atoms. The van der Waals surface area contributed by atoms with Crippen molar-refractivity contribution in [1.29, 1.82) is 0 Å². The Balaban J connectivity index is 2.59. The predicted molar refractivity (Wildman–Crippen MR) is 73.0 cm³/mol. The van der Waals surface area contributed by atoms with Crippen LogP contribution in [0.3, 0.4) is 0 Å². The van der Waals surface area contributed by atoms with Crippen LogP contribution in [0.5, 0.6) is 0 Å². The van der Waals surface area contributed by atoms with E-state index in [0.29, 0.717) is 12.3 Å². The highest BCUT2D eigenvalue weighted by Gasteiger charge is 2.32. The topological polar surface area (TPSA) is 69.6 Å². The van der Waals surface area contributed by atoms with Crippen LogP contribution < -0.4 is 5.32 Å². The van der Waals surface area contributed by atoms with Crippen molar-refractivity contribution in [2.75, 3.05) is 18.1 Å². The molecule has 0 aromatic heterocycles. The van der Waals surface area contributed by atoms with Gasteiger partial charge in [-0.1, -0.05) is 20.3 Å². The third-order valence-electron chi connectivity index (χ3n) is 3.13. The summed E-state index contributed by atoms with van der Waals surface area (Å²) in [6.45, 7) is 4.61. The molecule has 104 valence electrons. The van der Waals surface area contributed by atoms with Crippen molar-refractivity contribution in [2.45, 2.75) is 45.2 Å². The van der Waals surface area contributed by atoms with Crippen molar-refractivity contribution >= 4 is 23.8 Å². The second kappa shape index (κ2) is 7.51. The monoisotopic (exact) mass is 274 g/mol. The molecule has 2 unspecified atom stereocenters. The maximum Gasteiger partial charge on any atom is 0.327 e. The number of nitrogens with zero attached hydrogens (tertiary/aromatic N) is 1. The van der Waals surface area contributed by atoms with Crippen molar-refractivity contribution in [3.05, 3.63) is 0 Å². The van der Waals surface area contributed by atoms with E-state index in [9.17, 15) is 9.59 Å². The molecule has 0 spiro atoms. The zero-order chi connectivity index (χ0) is 13.5. The first-order chi connectivity index (χ1) is 8.60. The molecule has 2 atom stereocenters. The Hall–Kier alpha value is -0.910. The third kappa shape index (κ3) is 4.08. The van der Waals surface area contributed by atoms with E-state index in [1.807, 2.05) is 6.92 Å². The zero-order valence-corrected chi connectivity index (χ0v) is 11.8. The molecule has 6 heteroatoms. The average Bonchev–Trinajstić information content (AvgIpc) is 2.38. The summed E-state index contributed by atoms with van der Waals surface area (Å²) in [5, 5.41) is 12.1. The lowest BCUT2D eigenvalue weighted by Crippen LogP contribution is -2.55. The first-order valence-electron chi connectivity index (χ1n) is 6.47. The van der Waals surface area contributed by atoms with Gasteiger partial charge in [-0.25, -0.2) is 9.59 Å². The Bertz CT molecular complexity index is 299. The quantitative estimate of drug-likeness (QED) is 0.801. The van der Waals surface area contributed by atoms with Crippen molar-refractivity contribution in [3.63, 3.8) is 0 Å². The van der Waals surface area contributed by atoms with Crippen LogP contribution in [0.25, 0.3) is 0 Å². The van der Waals surface area contributed by atoms with Gasteiger partial charge in [0.15, 0.2) is 0 Å². The molecule has 1 aliphatic rings. The maximum atomic E-state index is 12.1. The van der Waals surface area contributed by atoms with Gasteiger partial charge < -0.3 is 15.3 Å². The lowest BCUT2D eigenvalue weighted by atomic mass is 10.1. The minimum atomic E-state index is -0.916. The zero-order valence-electron chi connectivity index (χ0n) is 11.0. The molecule has 5 nitrogen and oxygen atoms in total. The van der Waals surface area contributed by atoms with Gasteiger partial charge in [0.2, 0.25) is 0 Å². The van der Waals surface area contributed by atoms with Gasteiger partial charge in [-0.15, -0.1) is 0 Å². The third-order valence-corrected chi connectivity index (χ3v) is 4.15. The summed E-state index contributed by atoms with van der Waals surface area (Å²) in [5.74, 6) is 0.371. The van der Waals surface area contributed by atoms with Crippen molar-refractivity contribution in [3.8, 4) is 0 Å². The summed E-state index contributed by atoms with van der Waals surface area (Å²) >= 11 is 1.58. The number of carbonyl (C=O) groups excluding carboxylic acids is 1. The second-order valence-corrected chi connectivity index (χ2v) is 5.62. The fraction of sp³-hybridized carbons (Fsp3) is 0.833. The van der Waals surface area contributed by atoms with E-state index in [1.165, 1.54) is 4.90 Å². The highest BCUT2D eigenvalue weighted by Crippen LogP contribution is 2.17. The number of thioether (sulfide) groups is 1. The van der Waals surface area contributed by atoms with E-state index >= 15 is 0 Å². The van der Waals surface area contributed by atoms with E-state index in [1.54, 1.807) is 11.8 Å². The van der Waals surface area contributed by atoms with Crippen molar-refractivity contribution < 1.29 is 14.7 Å². The van der Waals surface area contributed by atoms with Crippen LogP contribution >= 0.6 is 11.8 Å². The number of rotatable bonds is 5. The molecule has 2 amide bonds. The first-order valence-corrected chi connectivity index (χ1v) is 7.63. The number of urea groups is 1. The molecule has 0 aliphatic carbocycles. The lowest BCUT2D eigenvalue weighted by molar-refractivity contribution is -0.141. The van der Waals surface area contributed by atoms with Gasteiger partial charge in [0.1, 0.15) is 6.04 Å². The molecule has 0 aromatic carbocycles. The Labute approximate surface area is 112 Å². The average molecular weight is 274 g/mol. The Kier molecular flexibility index (Phi) is 6.32.